The summed E-state index contributed by atoms with van der Waals surface area (Å²) < 4.78 is 37.6. The van der Waals surface area contributed by atoms with Crippen molar-refractivity contribution in [3.05, 3.63) is 5.75 Å². The summed E-state index contributed by atoms with van der Waals surface area (Å²) in [6.45, 7) is 0. The second-order valence-electron chi connectivity index (χ2n) is 1.46. The minimum atomic E-state index is -4.61. The second-order valence-corrected chi connectivity index (χ2v) is 2.29. The molecule has 0 saturated heterocycles. The van der Waals surface area contributed by atoms with Gasteiger partial charge in [0.1, 0.15) is 5.75 Å². The Morgan fingerprint density at radius 3 is 2.70 bits per heavy atom. The molecule has 2 nitrogen and oxygen atoms in total. The zero-order valence-electron chi connectivity index (χ0n) is 4.68. The highest BCUT2D eigenvalue weighted by Gasteiger charge is 2.33. The van der Waals surface area contributed by atoms with Crippen LogP contribution in [0.1, 0.15) is 0 Å². The Morgan fingerprint density at radius 2 is 2.30 bits per heavy atom. The van der Waals surface area contributed by atoms with E-state index < -0.39 is 6.36 Å². The fourth-order valence-corrected chi connectivity index (χ4v) is 0.963. The van der Waals surface area contributed by atoms with Crippen molar-refractivity contribution in [2.24, 2.45) is 4.99 Å². The van der Waals surface area contributed by atoms with Crippen LogP contribution in [0.2, 0.25) is 0 Å². The Labute approximate surface area is 59.5 Å². The first-order chi connectivity index (χ1) is 4.58. The lowest BCUT2D eigenvalue weighted by Crippen LogP contribution is -2.17. The Bertz CT molecular complexity index is 155. The van der Waals surface area contributed by atoms with E-state index in [4.69, 9.17) is 0 Å². The summed E-state index contributed by atoms with van der Waals surface area (Å²) >= 11 is 1.17. The lowest BCUT2D eigenvalue weighted by Gasteiger charge is -2.05. The molecule has 1 aliphatic heterocycles. The quantitative estimate of drug-likeness (QED) is 0.552. The summed E-state index contributed by atoms with van der Waals surface area (Å²) in [6, 6.07) is 0. The van der Waals surface area contributed by atoms with Gasteiger partial charge in [0.15, 0.2) is 0 Å². The van der Waals surface area contributed by atoms with Crippen LogP contribution in [0.4, 0.5) is 13.2 Å². The maximum atomic E-state index is 11.4. The zero-order chi connectivity index (χ0) is 7.61. The molecule has 0 atom stereocenters. The van der Waals surface area contributed by atoms with Gasteiger partial charge in [-0.1, -0.05) is 0 Å². The molecule has 0 aromatic heterocycles. The zero-order valence-corrected chi connectivity index (χ0v) is 5.50. The molecule has 0 saturated carbocycles. The van der Waals surface area contributed by atoms with Crippen molar-refractivity contribution < 1.29 is 17.9 Å². The average Bonchev–Trinajstić information content (AvgIpc) is 2.12. The number of nitrogens with zero attached hydrogens (tertiary/aromatic N) is 1. The first kappa shape index (κ1) is 7.71. The number of aliphatic imine (C=N–C) groups is 1. The van der Waals surface area contributed by atoms with E-state index in [9.17, 15) is 13.2 Å². The minimum absolute atomic E-state index is 0.311. The molecule has 0 fully saturated rings. The van der Waals surface area contributed by atoms with Gasteiger partial charge in [0.25, 0.3) is 0 Å². The predicted octanol–water partition coefficient (Wildman–Crippen LogP) is 1.79. The smallest absolute Gasteiger partial charge is 0.391 e. The second kappa shape index (κ2) is 2.69. The molecule has 0 amide bonds. The van der Waals surface area contributed by atoms with Crippen molar-refractivity contribution in [3.8, 4) is 0 Å². The first-order valence-corrected chi connectivity index (χ1v) is 3.38. The third kappa shape index (κ3) is 2.47. The van der Waals surface area contributed by atoms with Crippen molar-refractivity contribution in [2.75, 3.05) is 5.88 Å². The van der Waals surface area contributed by atoms with Crippen molar-refractivity contribution in [1.82, 2.24) is 0 Å². The molecular formula is C4H3F3NOS. The summed E-state index contributed by atoms with van der Waals surface area (Å²) in [5.74, 6) is 1.19. The summed E-state index contributed by atoms with van der Waals surface area (Å²) in [5.41, 5.74) is 0. The van der Waals surface area contributed by atoms with Crippen molar-refractivity contribution >= 4 is 17.7 Å². The normalized spacial score (nSPS) is 18.9. The van der Waals surface area contributed by atoms with Crippen LogP contribution in [-0.2, 0) is 4.74 Å². The molecule has 0 aromatic rings. The fourth-order valence-electron chi connectivity index (χ4n) is 0.422. The molecule has 0 aliphatic carbocycles. The molecule has 1 rings (SSSR count). The molecule has 0 unspecified atom stereocenters. The molecule has 1 aliphatic rings. The Hall–Kier alpha value is -0.390. The molecule has 57 valence electrons. The summed E-state index contributed by atoms with van der Waals surface area (Å²) in [4.78, 5) is 3.40. The van der Waals surface area contributed by atoms with E-state index >= 15 is 0 Å². The largest absolute Gasteiger partial charge is 0.574 e. The molecular weight excluding hydrogens is 167 g/mol. The number of alkyl halides is 3. The number of halogens is 3. The number of thioether (sulfide) groups is 1. The van der Waals surface area contributed by atoms with E-state index in [0.717, 1.165) is 0 Å². The maximum absolute atomic E-state index is 11.4. The highest BCUT2D eigenvalue weighted by atomic mass is 32.2. The van der Waals surface area contributed by atoms with Gasteiger partial charge in [0.05, 0.1) is 5.88 Å². The van der Waals surface area contributed by atoms with Crippen LogP contribution in [0.3, 0.4) is 0 Å². The number of rotatable bonds is 0. The van der Waals surface area contributed by atoms with E-state index in [1.165, 1.54) is 17.5 Å². The number of ether oxygens (including phenoxy) is 1. The van der Waals surface area contributed by atoms with Gasteiger partial charge in [-0.2, -0.15) is 0 Å². The molecule has 0 bridgehead atoms. The highest BCUT2D eigenvalue weighted by molar-refractivity contribution is 8.02. The van der Waals surface area contributed by atoms with Gasteiger partial charge >= 0.3 is 6.36 Å². The average molecular weight is 170 g/mol. The molecule has 1 radical (unpaired) electrons. The van der Waals surface area contributed by atoms with E-state index in [1.807, 2.05) is 0 Å². The van der Waals surface area contributed by atoms with E-state index in [2.05, 4.69) is 9.73 Å². The molecule has 1 heterocycles. The SMILES string of the molecule is FC(F)(F)OC1=NCS[CH]1. The van der Waals surface area contributed by atoms with E-state index in [-0.39, 0.29) is 5.90 Å². The molecule has 0 aromatic carbocycles. The van der Waals surface area contributed by atoms with Gasteiger partial charge < -0.3 is 4.74 Å². The summed E-state index contributed by atoms with van der Waals surface area (Å²) in [7, 11) is 0. The van der Waals surface area contributed by atoms with Gasteiger partial charge in [-0.15, -0.1) is 24.9 Å². The third-order valence-electron chi connectivity index (χ3n) is 0.699. The van der Waals surface area contributed by atoms with Gasteiger partial charge in [0.2, 0.25) is 5.90 Å². The maximum Gasteiger partial charge on any atom is 0.574 e. The number of hydrogen-bond donors (Lipinski definition) is 0. The fraction of sp³-hybridized carbons (Fsp3) is 0.500. The summed E-state index contributed by atoms with van der Waals surface area (Å²) in [5, 5.41) is 0. The highest BCUT2D eigenvalue weighted by Crippen LogP contribution is 2.23. The van der Waals surface area contributed by atoms with Crippen LogP contribution >= 0.6 is 11.8 Å². The number of hydrogen-bond acceptors (Lipinski definition) is 3. The van der Waals surface area contributed by atoms with E-state index in [0.29, 0.717) is 5.88 Å². The molecule has 0 spiro atoms. The minimum Gasteiger partial charge on any atom is -0.391 e. The standard InChI is InChI=1S/C4H3F3NOS/c5-4(6,7)9-3-1-10-2-8-3/h1H,2H2. The van der Waals surface area contributed by atoms with Gasteiger partial charge in [-0.3, -0.25) is 0 Å². The molecule has 0 N–H and O–H groups in total. The van der Waals surface area contributed by atoms with Crippen LogP contribution in [0.15, 0.2) is 4.99 Å². The van der Waals surface area contributed by atoms with Gasteiger partial charge in [0, 0.05) is 0 Å². The van der Waals surface area contributed by atoms with Crippen LogP contribution in [0.25, 0.3) is 0 Å². The Morgan fingerprint density at radius 1 is 1.60 bits per heavy atom. The Balaban J connectivity index is 2.38. The molecule has 6 heteroatoms. The van der Waals surface area contributed by atoms with Crippen LogP contribution in [0, 0.1) is 5.75 Å². The topological polar surface area (TPSA) is 21.6 Å². The Kier molecular flexibility index (Phi) is 2.08. The van der Waals surface area contributed by atoms with E-state index in [1.54, 1.807) is 0 Å². The van der Waals surface area contributed by atoms with Crippen molar-refractivity contribution in [3.63, 3.8) is 0 Å². The predicted molar refractivity (Wildman–Crippen MR) is 31.3 cm³/mol. The van der Waals surface area contributed by atoms with Gasteiger partial charge in [-0.25, -0.2) is 4.99 Å². The van der Waals surface area contributed by atoms with Crippen LogP contribution < -0.4 is 0 Å². The van der Waals surface area contributed by atoms with Crippen LogP contribution in [-0.4, -0.2) is 18.1 Å². The van der Waals surface area contributed by atoms with Crippen molar-refractivity contribution in [2.45, 2.75) is 6.36 Å². The van der Waals surface area contributed by atoms with Gasteiger partial charge in [-0.05, 0) is 0 Å². The van der Waals surface area contributed by atoms with Crippen LogP contribution in [0.5, 0.6) is 0 Å². The lowest BCUT2D eigenvalue weighted by atomic mass is 10.8. The monoisotopic (exact) mass is 170 g/mol. The third-order valence-corrected chi connectivity index (χ3v) is 1.35. The first-order valence-electron chi connectivity index (χ1n) is 2.33. The lowest BCUT2D eigenvalue weighted by molar-refractivity contribution is -0.283. The van der Waals surface area contributed by atoms with Crippen molar-refractivity contribution in [1.29, 1.82) is 0 Å². The summed E-state index contributed by atoms with van der Waals surface area (Å²) in [6.07, 6.45) is -4.61. The molecule has 10 heavy (non-hydrogen) atoms.